The molecule has 0 bridgehead atoms. The first-order valence-electron chi connectivity index (χ1n) is 3.39. The molecule has 2 heteroatoms. The van der Waals surface area contributed by atoms with Crippen LogP contribution < -0.4 is 0 Å². The van der Waals surface area contributed by atoms with Crippen LogP contribution >= 0.6 is 0 Å². The van der Waals surface area contributed by atoms with Gasteiger partial charge in [0.25, 0.3) is 0 Å². The van der Waals surface area contributed by atoms with Gasteiger partial charge in [0.1, 0.15) is 0 Å². The first-order chi connectivity index (χ1) is 4.80. The van der Waals surface area contributed by atoms with Gasteiger partial charge < -0.3 is 5.11 Å². The minimum Gasteiger partial charge on any atom is -0.478 e. The zero-order valence-corrected chi connectivity index (χ0v) is 5.71. The standard InChI is InChI=1S/C8H10O2/c9-8(10)7-5-3-1-2-4-6-7/h1,3,5H,2,4,6H2,(H,9,10). The Morgan fingerprint density at radius 3 is 3.10 bits per heavy atom. The fraction of sp³-hybridized carbons (Fsp3) is 0.375. The minimum absolute atomic E-state index is 0.522. The second-order valence-electron chi connectivity index (χ2n) is 2.32. The molecule has 1 aliphatic carbocycles. The Morgan fingerprint density at radius 1 is 1.60 bits per heavy atom. The van der Waals surface area contributed by atoms with E-state index >= 15 is 0 Å². The molecule has 1 aliphatic rings. The van der Waals surface area contributed by atoms with E-state index in [4.69, 9.17) is 5.11 Å². The minimum atomic E-state index is -0.786. The molecule has 1 rings (SSSR count). The van der Waals surface area contributed by atoms with Gasteiger partial charge in [-0.2, -0.15) is 0 Å². The molecule has 0 saturated carbocycles. The molecule has 0 amide bonds. The highest BCUT2D eigenvalue weighted by atomic mass is 16.4. The van der Waals surface area contributed by atoms with Crippen LogP contribution in [0.25, 0.3) is 0 Å². The van der Waals surface area contributed by atoms with Crippen LogP contribution in [0.4, 0.5) is 0 Å². The SMILES string of the molecule is O=C(O)C1=CC=CCCC1. The Morgan fingerprint density at radius 2 is 2.40 bits per heavy atom. The fourth-order valence-electron chi connectivity index (χ4n) is 0.952. The summed E-state index contributed by atoms with van der Waals surface area (Å²) in [5.41, 5.74) is 0.522. The molecular formula is C8H10O2. The highest BCUT2D eigenvalue weighted by molar-refractivity contribution is 5.86. The molecule has 0 radical (unpaired) electrons. The summed E-state index contributed by atoms with van der Waals surface area (Å²) in [6.07, 6.45) is 8.13. The van der Waals surface area contributed by atoms with Gasteiger partial charge in [0.2, 0.25) is 0 Å². The number of aliphatic carboxylic acids is 1. The molecule has 1 N–H and O–H groups in total. The van der Waals surface area contributed by atoms with Gasteiger partial charge in [0.05, 0.1) is 0 Å². The number of rotatable bonds is 1. The lowest BCUT2D eigenvalue weighted by Gasteiger charge is -1.95. The van der Waals surface area contributed by atoms with Crippen molar-refractivity contribution in [2.24, 2.45) is 0 Å². The Balaban J connectivity index is 2.66. The van der Waals surface area contributed by atoms with Gasteiger partial charge in [-0.05, 0) is 19.3 Å². The van der Waals surface area contributed by atoms with E-state index in [-0.39, 0.29) is 0 Å². The van der Waals surface area contributed by atoms with Crippen LogP contribution in [-0.4, -0.2) is 11.1 Å². The van der Waals surface area contributed by atoms with Gasteiger partial charge in [0, 0.05) is 5.57 Å². The van der Waals surface area contributed by atoms with Crippen molar-refractivity contribution >= 4 is 5.97 Å². The Hall–Kier alpha value is -1.05. The second-order valence-corrected chi connectivity index (χ2v) is 2.32. The van der Waals surface area contributed by atoms with Crippen molar-refractivity contribution in [3.8, 4) is 0 Å². The van der Waals surface area contributed by atoms with Crippen molar-refractivity contribution in [2.75, 3.05) is 0 Å². The molecule has 0 atom stereocenters. The number of allylic oxidation sites excluding steroid dienone is 3. The lowest BCUT2D eigenvalue weighted by atomic mass is 10.1. The van der Waals surface area contributed by atoms with Crippen LogP contribution in [0.15, 0.2) is 23.8 Å². The Labute approximate surface area is 59.9 Å². The van der Waals surface area contributed by atoms with Crippen LogP contribution in [0.5, 0.6) is 0 Å². The first-order valence-corrected chi connectivity index (χ1v) is 3.39. The number of hydrogen-bond acceptors (Lipinski definition) is 1. The van der Waals surface area contributed by atoms with E-state index in [9.17, 15) is 4.79 Å². The smallest absolute Gasteiger partial charge is 0.331 e. The molecule has 0 saturated heterocycles. The van der Waals surface area contributed by atoms with E-state index in [0.717, 1.165) is 12.8 Å². The third-order valence-corrected chi connectivity index (χ3v) is 1.53. The maximum atomic E-state index is 10.4. The summed E-state index contributed by atoms with van der Waals surface area (Å²) in [4.78, 5) is 10.4. The van der Waals surface area contributed by atoms with E-state index in [0.29, 0.717) is 12.0 Å². The molecule has 10 heavy (non-hydrogen) atoms. The lowest BCUT2D eigenvalue weighted by Crippen LogP contribution is -1.98. The molecule has 0 aromatic rings. The number of carboxylic acid groups (broad SMARTS) is 1. The summed E-state index contributed by atoms with van der Waals surface area (Å²) in [7, 11) is 0. The van der Waals surface area contributed by atoms with E-state index in [1.54, 1.807) is 6.08 Å². The van der Waals surface area contributed by atoms with Crippen LogP contribution in [0.2, 0.25) is 0 Å². The van der Waals surface area contributed by atoms with E-state index < -0.39 is 5.97 Å². The highest BCUT2D eigenvalue weighted by Gasteiger charge is 2.05. The third-order valence-electron chi connectivity index (χ3n) is 1.53. The quantitative estimate of drug-likeness (QED) is 0.599. The Bertz CT molecular complexity index is 189. The molecule has 54 valence electrons. The van der Waals surface area contributed by atoms with Gasteiger partial charge in [-0.1, -0.05) is 18.2 Å². The molecule has 0 spiro atoms. The average Bonchev–Trinajstić information content (AvgIpc) is 2.12. The molecule has 0 unspecified atom stereocenters. The van der Waals surface area contributed by atoms with E-state index in [2.05, 4.69) is 0 Å². The lowest BCUT2D eigenvalue weighted by molar-refractivity contribution is -0.132. The fourth-order valence-corrected chi connectivity index (χ4v) is 0.952. The second kappa shape index (κ2) is 3.20. The average molecular weight is 138 g/mol. The Kier molecular flexibility index (Phi) is 2.26. The molecule has 0 aromatic heterocycles. The van der Waals surface area contributed by atoms with Crippen LogP contribution in [0, 0.1) is 0 Å². The van der Waals surface area contributed by atoms with Crippen LogP contribution in [0.1, 0.15) is 19.3 Å². The molecule has 0 aromatic carbocycles. The number of hydrogen-bond donors (Lipinski definition) is 1. The number of carbonyl (C=O) groups is 1. The van der Waals surface area contributed by atoms with Crippen molar-refractivity contribution in [3.63, 3.8) is 0 Å². The molecular weight excluding hydrogens is 128 g/mol. The van der Waals surface area contributed by atoms with Gasteiger partial charge in [-0.15, -0.1) is 0 Å². The zero-order chi connectivity index (χ0) is 7.40. The third kappa shape index (κ3) is 1.72. The van der Waals surface area contributed by atoms with E-state index in [1.807, 2.05) is 12.2 Å². The van der Waals surface area contributed by atoms with Crippen molar-refractivity contribution in [1.29, 1.82) is 0 Å². The monoisotopic (exact) mass is 138 g/mol. The summed E-state index contributed by atoms with van der Waals surface area (Å²) in [6.45, 7) is 0. The molecule has 2 nitrogen and oxygen atoms in total. The molecule has 0 heterocycles. The molecule has 0 fully saturated rings. The largest absolute Gasteiger partial charge is 0.478 e. The van der Waals surface area contributed by atoms with Gasteiger partial charge in [-0.25, -0.2) is 4.79 Å². The van der Waals surface area contributed by atoms with Crippen molar-refractivity contribution < 1.29 is 9.90 Å². The molecule has 0 aliphatic heterocycles. The zero-order valence-electron chi connectivity index (χ0n) is 5.71. The normalized spacial score (nSPS) is 17.8. The topological polar surface area (TPSA) is 37.3 Å². The van der Waals surface area contributed by atoms with Crippen molar-refractivity contribution in [1.82, 2.24) is 0 Å². The van der Waals surface area contributed by atoms with Crippen LogP contribution in [-0.2, 0) is 4.79 Å². The highest BCUT2D eigenvalue weighted by Crippen LogP contribution is 2.11. The number of carboxylic acids is 1. The van der Waals surface area contributed by atoms with Gasteiger partial charge in [0.15, 0.2) is 0 Å². The summed E-state index contributed by atoms with van der Waals surface area (Å²) in [6, 6.07) is 0. The maximum Gasteiger partial charge on any atom is 0.331 e. The van der Waals surface area contributed by atoms with Crippen molar-refractivity contribution in [3.05, 3.63) is 23.8 Å². The predicted octanol–water partition coefficient (Wildman–Crippen LogP) is 1.74. The summed E-state index contributed by atoms with van der Waals surface area (Å²) >= 11 is 0. The summed E-state index contributed by atoms with van der Waals surface area (Å²) in [5.74, 6) is -0.786. The van der Waals surface area contributed by atoms with Crippen LogP contribution in [0.3, 0.4) is 0 Å². The predicted molar refractivity (Wildman–Crippen MR) is 38.7 cm³/mol. The summed E-state index contributed by atoms with van der Waals surface area (Å²) < 4.78 is 0. The first kappa shape index (κ1) is 7.06. The van der Waals surface area contributed by atoms with Gasteiger partial charge in [-0.3, -0.25) is 0 Å². The van der Waals surface area contributed by atoms with Gasteiger partial charge >= 0.3 is 5.97 Å². The van der Waals surface area contributed by atoms with Crippen molar-refractivity contribution in [2.45, 2.75) is 19.3 Å². The van der Waals surface area contributed by atoms with E-state index in [1.165, 1.54) is 0 Å². The summed E-state index contributed by atoms with van der Waals surface area (Å²) in [5, 5.41) is 8.56. The maximum absolute atomic E-state index is 10.4.